The Kier molecular flexibility index (Phi) is 54.8. The van der Waals surface area contributed by atoms with Crippen LogP contribution >= 0.6 is 0 Å². The van der Waals surface area contributed by atoms with Crippen molar-refractivity contribution in [2.45, 2.75) is 287 Å². The van der Waals surface area contributed by atoms with E-state index in [2.05, 4.69) is 0 Å². The van der Waals surface area contributed by atoms with Crippen LogP contribution in [0, 0.1) is 0 Å². The summed E-state index contributed by atoms with van der Waals surface area (Å²) < 4.78 is 0. The van der Waals surface area contributed by atoms with Crippen LogP contribution < -0.4 is 0 Å². The maximum atomic E-state index is 1.50. The summed E-state index contributed by atoms with van der Waals surface area (Å²) in [5.74, 6) is 0. The van der Waals surface area contributed by atoms with Crippen molar-refractivity contribution in [1.29, 1.82) is 0 Å². The van der Waals surface area contributed by atoms with E-state index in [0.29, 0.717) is 0 Å². The summed E-state index contributed by atoms with van der Waals surface area (Å²) in [7, 11) is 0. The van der Waals surface area contributed by atoms with Crippen molar-refractivity contribution in [3.05, 3.63) is 0 Å². The van der Waals surface area contributed by atoms with E-state index in [1.807, 2.05) is 0 Å². The molecule has 44 heavy (non-hydrogen) atoms. The fraction of sp³-hybridized carbons (Fsp3) is 1.00. The topological polar surface area (TPSA) is 0 Å². The molecule has 0 bridgehead atoms. The Bertz CT molecular complexity index is 213. The van der Waals surface area contributed by atoms with Gasteiger partial charge in [-0.15, -0.1) is 0 Å². The molecule has 0 unspecified atom stereocenters. The first kappa shape index (κ1) is 50.8. The van der Waals surface area contributed by atoms with Crippen molar-refractivity contribution < 1.29 is 0 Å². The van der Waals surface area contributed by atoms with Gasteiger partial charge in [-0.3, -0.25) is 0 Å². The summed E-state index contributed by atoms with van der Waals surface area (Å²) in [5, 5.41) is 0. The van der Waals surface area contributed by atoms with Gasteiger partial charge in [0.05, 0.1) is 0 Å². The third-order valence-electron chi connectivity index (χ3n) is 10.00. The SMILES string of the molecule is C.C.C.C.C1CCC1.C1CCC1.C1CCC1.C1CCC1.C1CCC1.C1CCC1.C1CCC1.C1CCC1.C1CCC1.C1CCC1. The number of hydrogen-bond acceptors (Lipinski definition) is 0. The normalized spacial score (nSPS) is 21.8. The molecule has 0 amide bonds. The number of hydrogen-bond donors (Lipinski definition) is 0. The smallest absolute Gasteiger partial charge is 0.0533 e. The molecule has 0 saturated heterocycles. The Labute approximate surface area is 285 Å². The van der Waals surface area contributed by atoms with Gasteiger partial charge in [0.15, 0.2) is 0 Å². The first-order valence-electron chi connectivity index (χ1n) is 20.0. The summed E-state index contributed by atoms with van der Waals surface area (Å²) in [6, 6.07) is 0. The van der Waals surface area contributed by atoms with Crippen LogP contribution in [-0.2, 0) is 0 Å². The molecular formula is C44H96. The summed E-state index contributed by atoms with van der Waals surface area (Å²) in [6.07, 6.45) is 60.0. The maximum Gasteiger partial charge on any atom is -0.0533 e. The summed E-state index contributed by atoms with van der Waals surface area (Å²) in [4.78, 5) is 0. The minimum atomic E-state index is 0. The zero-order valence-electron chi connectivity index (χ0n) is 28.3. The van der Waals surface area contributed by atoms with E-state index in [1.54, 1.807) is 0 Å². The Balaban J connectivity index is -0.000000200. The lowest BCUT2D eigenvalue weighted by molar-refractivity contribution is 0.504. The zero-order chi connectivity index (χ0) is 28.3. The highest BCUT2D eigenvalue weighted by Gasteiger charge is 1.98. The lowest BCUT2D eigenvalue weighted by Gasteiger charge is -2.05. The monoisotopic (exact) mass is 625 g/mol. The van der Waals surface area contributed by atoms with Gasteiger partial charge in [-0.2, -0.15) is 0 Å². The minimum Gasteiger partial charge on any atom is -0.0776 e. The van der Waals surface area contributed by atoms with Crippen LogP contribution in [0.2, 0.25) is 0 Å². The van der Waals surface area contributed by atoms with Crippen LogP contribution in [0.4, 0.5) is 0 Å². The Morgan fingerprint density at radius 1 is 0.0682 bits per heavy atom. The number of rotatable bonds is 0. The molecule has 10 saturated carbocycles. The van der Waals surface area contributed by atoms with Gasteiger partial charge in [0.1, 0.15) is 0 Å². The Morgan fingerprint density at radius 3 is 0.0909 bits per heavy atom. The van der Waals surface area contributed by atoms with Gasteiger partial charge in [0, 0.05) is 0 Å². The van der Waals surface area contributed by atoms with Crippen molar-refractivity contribution >= 4 is 0 Å². The molecule has 0 spiro atoms. The van der Waals surface area contributed by atoms with Crippen LogP contribution in [0.25, 0.3) is 0 Å². The van der Waals surface area contributed by atoms with Crippen molar-refractivity contribution in [1.82, 2.24) is 0 Å². The lowest BCUT2D eigenvalue weighted by atomic mass is 10.0. The van der Waals surface area contributed by atoms with E-state index in [-0.39, 0.29) is 29.7 Å². The van der Waals surface area contributed by atoms with Gasteiger partial charge in [0.25, 0.3) is 0 Å². The molecule has 0 aromatic carbocycles. The van der Waals surface area contributed by atoms with Crippen molar-refractivity contribution in [3.63, 3.8) is 0 Å². The van der Waals surface area contributed by atoms with Crippen LogP contribution in [-0.4, -0.2) is 0 Å². The second kappa shape index (κ2) is 47.4. The third kappa shape index (κ3) is 44.1. The highest BCUT2D eigenvalue weighted by atomic mass is 14.0. The van der Waals surface area contributed by atoms with E-state index in [4.69, 9.17) is 0 Å². The lowest BCUT2D eigenvalue weighted by Crippen LogP contribution is -1.85. The molecule has 0 aromatic rings. The third-order valence-corrected chi connectivity index (χ3v) is 10.00. The van der Waals surface area contributed by atoms with Gasteiger partial charge < -0.3 is 0 Å². The van der Waals surface area contributed by atoms with Crippen LogP contribution in [0.1, 0.15) is 287 Å². The van der Waals surface area contributed by atoms with E-state index in [9.17, 15) is 0 Å². The van der Waals surface area contributed by atoms with Crippen molar-refractivity contribution in [2.24, 2.45) is 0 Å². The van der Waals surface area contributed by atoms with Gasteiger partial charge in [-0.05, 0) is 0 Å². The average Bonchev–Trinajstić information content (AvgIpc) is 2.34. The van der Waals surface area contributed by atoms with E-state index in [0.717, 1.165) is 0 Å². The van der Waals surface area contributed by atoms with Crippen LogP contribution in [0.15, 0.2) is 0 Å². The summed E-state index contributed by atoms with van der Waals surface area (Å²) in [6.45, 7) is 0. The van der Waals surface area contributed by atoms with Gasteiger partial charge in [-0.25, -0.2) is 0 Å². The molecule has 0 radical (unpaired) electrons. The minimum absolute atomic E-state index is 0. The fourth-order valence-corrected chi connectivity index (χ4v) is 2.50. The summed E-state index contributed by atoms with van der Waals surface area (Å²) >= 11 is 0. The first-order chi connectivity index (χ1) is 20.0. The van der Waals surface area contributed by atoms with Gasteiger partial charge in [-0.1, -0.05) is 287 Å². The Hall–Kier alpha value is 0. The molecule has 0 heterocycles. The van der Waals surface area contributed by atoms with E-state index >= 15 is 0 Å². The maximum absolute atomic E-state index is 1.50. The Morgan fingerprint density at radius 2 is 0.0909 bits per heavy atom. The second-order valence-corrected chi connectivity index (χ2v) is 14.1. The first-order valence-corrected chi connectivity index (χ1v) is 20.0. The molecule has 10 aliphatic rings. The van der Waals surface area contributed by atoms with Crippen LogP contribution in [0.5, 0.6) is 0 Å². The molecule has 0 aromatic heterocycles. The molecular weight excluding hydrogens is 528 g/mol. The fourth-order valence-electron chi connectivity index (χ4n) is 2.50. The highest BCUT2D eigenvalue weighted by molar-refractivity contribution is 4.54. The summed E-state index contributed by atoms with van der Waals surface area (Å²) in [5.41, 5.74) is 0. The largest absolute Gasteiger partial charge is 0.0776 e. The van der Waals surface area contributed by atoms with Crippen molar-refractivity contribution in [2.75, 3.05) is 0 Å². The van der Waals surface area contributed by atoms with E-state index < -0.39 is 0 Å². The van der Waals surface area contributed by atoms with Gasteiger partial charge in [0.2, 0.25) is 0 Å². The zero-order valence-corrected chi connectivity index (χ0v) is 28.3. The molecule has 272 valence electrons. The van der Waals surface area contributed by atoms with Gasteiger partial charge >= 0.3 is 0 Å². The molecule has 0 atom stereocenters. The average molecular weight is 625 g/mol. The molecule has 10 fully saturated rings. The highest BCUT2D eigenvalue weighted by Crippen LogP contribution is 2.18. The second-order valence-electron chi connectivity index (χ2n) is 14.1. The quantitative estimate of drug-likeness (QED) is 0.251. The molecule has 10 aliphatic carbocycles. The molecule has 0 N–H and O–H groups in total. The standard InChI is InChI=1S/10C4H8.4CH4/c10*1-2-4-3-1;;;;/h10*1-4H2;4*1H4. The molecule has 0 heteroatoms. The predicted octanol–water partition coefficient (Wildman–Crippen LogP) is 18.1. The molecule has 10 rings (SSSR count). The van der Waals surface area contributed by atoms with Crippen molar-refractivity contribution in [3.8, 4) is 0 Å². The van der Waals surface area contributed by atoms with Crippen LogP contribution in [0.3, 0.4) is 0 Å². The predicted molar refractivity (Wildman–Crippen MR) is 212 cm³/mol. The molecule has 0 nitrogen and oxygen atoms in total. The van der Waals surface area contributed by atoms with E-state index in [1.165, 1.54) is 257 Å². The molecule has 0 aliphatic heterocycles.